The molecule has 18 heavy (non-hydrogen) atoms. The van der Waals surface area contributed by atoms with Crippen LogP contribution in [0.25, 0.3) is 0 Å². The van der Waals surface area contributed by atoms with E-state index in [0.29, 0.717) is 13.1 Å². The Hall–Kier alpha value is -1.14. The summed E-state index contributed by atoms with van der Waals surface area (Å²) < 4.78 is 0. The molecule has 0 atom stereocenters. The predicted molar refractivity (Wildman–Crippen MR) is 70.3 cm³/mol. The maximum atomic E-state index is 11.4. The summed E-state index contributed by atoms with van der Waals surface area (Å²) in [6.45, 7) is 4.22. The first-order valence-electron chi connectivity index (χ1n) is 6.48. The molecule has 0 aromatic rings. The number of amides is 3. The topological polar surface area (TPSA) is 81.7 Å². The van der Waals surface area contributed by atoms with Gasteiger partial charge in [-0.3, -0.25) is 10.1 Å². The van der Waals surface area contributed by atoms with Gasteiger partial charge in [0.05, 0.1) is 6.61 Å². The van der Waals surface area contributed by atoms with Gasteiger partial charge in [-0.2, -0.15) is 0 Å². The van der Waals surface area contributed by atoms with Gasteiger partial charge in [0.2, 0.25) is 5.91 Å². The quantitative estimate of drug-likeness (QED) is 0.521. The third-order valence-corrected chi connectivity index (χ3v) is 2.63. The van der Waals surface area contributed by atoms with Crippen molar-refractivity contribution in [2.45, 2.75) is 32.6 Å². The van der Waals surface area contributed by atoms with Crippen LogP contribution in [-0.4, -0.2) is 55.2 Å². The fourth-order valence-corrected chi connectivity index (χ4v) is 1.57. The second-order valence-corrected chi connectivity index (χ2v) is 4.15. The number of nitrogens with zero attached hydrogens (tertiary/aromatic N) is 1. The molecule has 0 aliphatic carbocycles. The molecule has 0 aromatic heterocycles. The van der Waals surface area contributed by atoms with Gasteiger partial charge in [-0.25, -0.2) is 4.79 Å². The molecule has 6 nitrogen and oxygen atoms in total. The molecule has 106 valence electrons. The SMILES string of the molecule is CCCCCN(CCO)CCC(=O)NC(=O)NC. The van der Waals surface area contributed by atoms with Crippen LogP contribution in [0.4, 0.5) is 4.79 Å². The minimum absolute atomic E-state index is 0.0865. The summed E-state index contributed by atoms with van der Waals surface area (Å²) in [5, 5.41) is 13.5. The largest absolute Gasteiger partial charge is 0.395 e. The van der Waals surface area contributed by atoms with Crippen molar-refractivity contribution in [3.63, 3.8) is 0 Å². The first-order valence-corrected chi connectivity index (χ1v) is 6.48. The van der Waals surface area contributed by atoms with Crippen LogP contribution in [0.1, 0.15) is 32.6 Å². The zero-order valence-corrected chi connectivity index (χ0v) is 11.4. The van der Waals surface area contributed by atoms with Gasteiger partial charge >= 0.3 is 6.03 Å². The maximum Gasteiger partial charge on any atom is 0.321 e. The molecule has 0 aliphatic rings. The molecule has 0 rings (SSSR count). The lowest BCUT2D eigenvalue weighted by atomic mass is 10.2. The highest BCUT2D eigenvalue weighted by Crippen LogP contribution is 1.99. The number of nitrogens with one attached hydrogen (secondary N) is 2. The molecule has 0 radical (unpaired) electrons. The standard InChI is InChI=1S/C12H25N3O3/c1-3-4-5-7-15(9-10-16)8-6-11(17)14-12(18)13-2/h16H,3-10H2,1-2H3,(H2,13,14,17,18). The first kappa shape index (κ1) is 16.9. The Morgan fingerprint density at radius 2 is 1.89 bits per heavy atom. The van der Waals surface area contributed by atoms with Gasteiger partial charge in [0.1, 0.15) is 0 Å². The zero-order chi connectivity index (χ0) is 13.8. The Balaban J connectivity index is 3.86. The summed E-state index contributed by atoms with van der Waals surface area (Å²) in [6.07, 6.45) is 3.61. The average molecular weight is 259 g/mol. The zero-order valence-electron chi connectivity index (χ0n) is 11.4. The molecule has 0 heterocycles. The maximum absolute atomic E-state index is 11.4. The van der Waals surface area contributed by atoms with Crippen molar-refractivity contribution in [2.75, 3.05) is 33.3 Å². The van der Waals surface area contributed by atoms with Crippen LogP contribution >= 0.6 is 0 Å². The number of urea groups is 1. The summed E-state index contributed by atoms with van der Waals surface area (Å²) in [5.74, 6) is -0.298. The van der Waals surface area contributed by atoms with E-state index in [-0.39, 0.29) is 18.9 Å². The summed E-state index contributed by atoms with van der Waals surface area (Å²) in [5.41, 5.74) is 0. The smallest absolute Gasteiger partial charge is 0.321 e. The lowest BCUT2D eigenvalue weighted by molar-refractivity contribution is -0.120. The van der Waals surface area contributed by atoms with Gasteiger partial charge in [-0.15, -0.1) is 0 Å². The summed E-state index contributed by atoms with van der Waals surface area (Å²) >= 11 is 0. The third-order valence-electron chi connectivity index (χ3n) is 2.63. The molecule has 6 heteroatoms. The van der Waals surface area contributed by atoms with E-state index < -0.39 is 6.03 Å². The normalized spacial score (nSPS) is 10.4. The molecule has 0 fully saturated rings. The average Bonchev–Trinajstić information content (AvgIpc) is 2.36. The van der Waals surface area contributed by atoms with Crippen LogP contribution in [-0.2, 0) is 4.79 Å². The minimum atomic E-state index is -0.486. The van der Waals surface area contributed by atoms with Crippen LogP contribution in [0.15, 0.2) is 0 Å². The monoisotopic (exact) mass is 259 g/mol. The molecular weight excluding hydrogens is 234 g/mol. The lowest BCUT2D eigenvalue weighted by Gasteiger charge is -2.20. The highest BCUT2D eigenvalue weighted by atomic mass is 16.3. The molecule has 3 N–H and O–H groups in total. The van der Waals surface area contributed by atoms with Gasteiger partial charge in [0.25, 0.3) is 0 Å². The van der Waals surface area contributed by atoms with E-state index in [0.717, 1.165) is 25.8 Å². The number of hydrogen-bond acceptors (Lipinski definition) is 4. The van der Waals surface area contributed by atoms with Gasteiger partial charge in [-0.05, 0) is 13.0 Å². The van der Waals surface area contributed by atoms with Crippen LogP contribution in [0.3, 0.4) is 0 Å². The number of unbranched alkanes of at least 4 members (excludes halogenated alkanes) is 2. The molecule has 0 saturated carbocycles. The van der Waals surface area contributed by atoms with Crippen molar-refractivity contribution < 1.29 is 14.7 Å². The van der Waals surface area contributed by atoms with Crippen molar-refractivity contribution in [1.29, 1.82) is 0 Å². The third kappa shape index (κ3) is 8.95. The van der Waals surface area contributed by atoms with Crippen molar-refractivity contribution in [3.8, 4) is 0 Å². The van der Waals surface area contributed by atoms with Gasteiger partial charge in [-0.1, -0.05) is 19.8 Å². The molecule has 0 aromatic carbocycles. The molecule has 0 saturated heterocycles. The van der Waals surface area contributed by atoms with Crippen LogP contribution < -0.4 is 10.6 Å². The first-order chi connectivity index (χ1) is 8.63. The molecule has 0 spiro atoms. The fourth-order valence-electron chi connectivity index (χ4n) is 1.57. The number of imide groups is 1. The fraction of sp³-hybridized carbons (Fsp3) is 0.833. The van der Waals surface area contributed by atoms with E-state index in [1.165, 1.54) is 7.05 Å². The molecular formula is C12H25N3O3. The number of carbonyl (C=O) groups is 2. The van der Waals surface area contributed by atoms with E-state index in [9.17, 15) is 9.59 Å². The highest BCUT2D eigenvalue weighted by Gasteiger charge is 2.09. The van der Waals surface area contributed by atoms with Crippen molar-refractivity contribution in [2.24, 2.45) is 0 Å². The molecule has 0 aliphatic heterocycles. The molecule has 0 unspecified atom stereocenters. The van der Waals surface area contributed by atoms with Crippen molar-refractivity contribution in [1.82, 2.24) is 15.5 Å². The van der Waals surface area contributed by atoms with Crippen LogP contribution in [0.5, 0.6) is 0 Å². The number of hydrogen-bond donors (Lipinski definition) is 3. The number of aliphatic hydroxyl groups excluding tert-OH is 1. The number of carbonyl (C=O) groups excluding carboxylic acids is 2. The second-order valence-electron chi connectivity index (χ2n) is 4.15. The Labute approximate surface area is 109 Å². The van der Waals surface area contributed by atoms with Crippen LogP contribution in [0.2, 0.25) is 0 Å². The van der Waals surface area contributed by atoms with Crippen LogP contribution in [0, 0.1) is 0 Å². The van der Waals surface area contributed by atoms with Crippen molar-refractivity contribution >= 4 is 11.9 Å². The van der Waals surface area contributed by atoms with E-state index in [1.54, 1.807) is 0 Å². The Kier molecular flexibility index (Phi) is 10.3. The second kappa shape index (κ2) is 11.0. The summed E-state index contributed by atoms with van der Waals surface area (Å²) in [4.78, 5) is 24.3. The Bertz CT molecular complexity index is 247. The van der Waals surface area contributed by atoms with Crippen molar-refractivity contribution in [3.05, 3.63) is 0 Å². The summed E-state index contributed by atoms with van der Waals surface area (Å²) in [6, 6.07) is -0.486. The Morgan fingerprint density at radius 1 is 1.17 bits per heavy atom. The molecule has 0 bridgehead atoms. The van der Waals surface area contributed by atoms with Gasteiger partial charge in [0, 0.05) is 26.6 Å². The number of rotatable bonds is 9. The van der Waals surface area contributed by atoms with E-state index >= 15 is 0 Å². The van der Waals surface area contributed by atoms with E-state index in [1.807, 2.05) is 4.90 Å². The highest BCUT2D eigenvalue weighted by molar-refractivity contribution is 5.94. The Morgan fingerprint density at radius 3 is 2.44 bits per heavy atom. The van der Waals surface area contributed by atoms with Gasteiger partial charge < -0.3 is 15.3 Å². The van der Waals surface area contributed by atoms with E-state index in [2.05, 4.69) is 17.6 Å². The lowest BCUT2D eigenvalue weighted by Crippen LogP contribution is -2.39. The predicted octanol–water partition coefficient (Wildman–Crippen LogP) is 0.317. The van der Waals surface area contributed by atoms with E-state index in [4.69, 9.17) is 5.11 Å². The summed E-state index contributed by atoms with van der Waals surface area (Å²) in [7, 11) is 1.46. The molecule has 3 amide bonds. The van der Waals surface area contributed by atoms with Gasteiger partial charge in [0.15, 0.2) is 0 Å². The number of aliphatic hydroxyl groups is 1. The minimum Gasteiger partial charge on any atom is -0.395 e.